The summed E-state index contributed by atoms with van der Waals surface area (Å²) in [6.45, 7) is 1.88. The highest BCUT2D eigenvalue weighted by Crippen LogP contribution is 2.30. The Morgan fingerprint density at radius 2 is 2.38 bits per heavy atom. The summed E-state index contributed by atoms with van der Waals surface area (Å²) < 4.78 is 13.0. The van der Waals surface area contributed by atoms with E-state index < -0.39 is 0 Å². The van der Waals surface area contributed by atoms with Crippen LogP contribution in [0.1, 0.15) is 23.7 Å². The molecule has 0 saturated carbocycles. The molecule has 1 amide bonds. The smallest absolute Gasteiger partial charge is 0.227 e. The minimum absolute atomic E-state index is 0.0549. The van der Waals surface area contributed by atoms with Gasteiger partial charge in [0.2, 0.25) is 5.91 Å². The molecule has 7 nitrogen and oxygen atoms in total. The lowest BCUT2D eigenvalue weighted by molar-refractivity contribution is -0.137. The van der Waals surface area contributed by atoms with E-state index in [4.69, 9.17) is 9.47 Å². The molecule has 1 fully saturated rings. The van der Waals surface area contributed by atoms with E-state index in [9.17, 15) is 4.79 Å². The van der Waals surface area contributed by atoms with Crippen LogP contribution in [0.15, 0.2) is 30.5 Å². The normalized spacial score (nSPS) is 22.6. The fraction of sp³-hybridized carbons (Fsp3) is 0.471. The monoisotopic (exact) mass is 328 g/mol. The molecule has 126 valence electrons. The number of fused-ring (bicyclic) bond motifs is 3. The van der Waals surface area contributed by atoms with Gasteiger partial charge in [0.15, 0.2) is 0 Å². The van der Waals surface area contributed by atoms with Crippen LogP contribution in [0.3, 0.4) is 0 Å². The molecule has 4 rings (SSSR count). The van der Waals surface area contributed by atoms with Crippen molar-refractivity contribution in [1.29, 1.82) is 0 Å². The quantitative estimate of drug-likeness (QED) is 0.847. The fourth-order valence-corrected chi connectivity index (χ4v) is 3.47. The first-order valence-corrected chi connectivity index (χ1v) is 8.16. The van der Waals surface area contributed by atoms with Crippen molar-refractivity contribution in [3.05, 3.63) is 41.7 Å². The van der Waals surface area contributed by atoms with Crippen LogP contribution in [0, 0.1) is 0 Å². The molecule has 0 spiro atoms. The second kappa shape index (κ2) is 6.24. The van der Waals surface area contributed by atoms with Gasteiger partial charge < -0.3 is 14.4 Å². The van der Waals surface area contributed by atoms with Gasteiger partial charge in [-0.3, -0.25) is 4.79 Å². The van der Waals surface area contributed by atoms with E-state index in [2.05, 4.69) is 10.3 Å². The van der Waals surface area contributed by atoms with Gasteiger partial charge >= 0.3 is 0 Å². The number of benzene rings is 1. The van der Waals surface area contributed by atoms with E-state index in [1.807, 2.05) is 33.8 Å². The number of likely N-dealkylation sites (tertiary alicyclic amines) is 1. The average molecular weight is 328 g/mol. The molecular formula is C17H20N4O3. The SMILES string of the molecule is COc1cccc(CC(=O)N2CCC3OCc4cnnn4C3C2)c1. The number of piperidine rings is 1. The molecule has 0 bridgehead atoms. The van der Waals surface area contributed by atoms with Crippen molar-refractivity contribution in [3.8, 4) is 5.75 Å². The molecule has 0 N–H and O–H groups in total. The van der Waals surface area contributed by atoms with E-state index in [0.717, 1.165) is 23.4 Å². The predicted octanol–water partition coefficient (Wildman–Crippen LogP) is 1.20. The predicted molar refractivity (Wildman–Crippen MR) is 85.5 cm³/mol. The highest BCUT2D eigenvalue weighted by Gasteiger charge is 2.37. The van der Waals surface area contributed by atoms with Gasteiger partial charge in [0, 0.05) is 13.1 Å². The molecule has 2 aromatic rings. The number of amides is 1. The van der Waals surface area contributed by atoms with E-state index in [1.165, 1.54) is 0 Å². The van der Waals surface area contributed by atoms with Gasteiger partial charge in [-0.1, -0.05) is 17.3 Å². The number of aromatic nitrogens is 3. The number of ether oxygens (including phenoxy) is 2. The van der Waals surface area contributed by atoms with Crippen LogP contribution in [-0.4, -0.2) is 52.1 Å². The van der Waals surface area contributed by atoms with E-state index in [1.54, 1.807) is 13.3 Å². The Hall–Kier alpha value is -2.41. The fourth-order valence-electron chi connectivity index (χ4n) is 3.47. The lowest BCUT2D eigenvalue weighted by atomic mass is 9.99. The summed E-state index contributed by atoms with van der Waals surface area (Å²) >= 11 is 0. The first-order valence-electron chi connectivity index (χ1n) is 8.16. The lowest BCUT2D eigenvalue weighted by Crippen LogP contribution is -2.50. The van der Waals surface area contributed by atoms with Crippen LogP contribution < -0.4 is 4.74 Å². The molecular weight excluding hydrogens is 308 g/mol. The molecule has 1 aromatic heterocycles. The standard InChI is InChI=1S/C17H20N4O3/c1-23-14-4-2-3-12(7-14)8-17(22)20-6-5-16-15(10-20)21-13(11-24-16)9-18-19-21/h2-4,7,9,15-16H,5-6,8,10-11H2,1H3. The summed E-state index contributed by atoms with van der Waals surface area (Å²) in [6, 6.07) is 7.70. The van der Waals surface area contributed by atoms with Crippen LogP contribution in [0.25, 0.3) is 0 Å². The average Bonchev–Trinajstić information content (AvgIpc) is 3.10. The van der Waals surface area contributed by atoms with Gasteiger partial charge in [0.25, 0.3) is 0 Å². The molecule has 24 heavy (non-hydrogen) atoms. The van der Waals surface area contributed by atoms with Crippen molar-refractivity contribution in [1.82, 2.24) is 19.9 Å². The molecule has 2 aliphatic rings. The van der Waals surface area contributed by atoms with Crippen molar-refractivity contribution < 1.29 is 14.3 Å². The Kier molecular flexibility index (Phi) is 3.93. The maximum atomic E-state index is 12.7. The molecule has 3 heterocycles. The molecule has 1 aromatic carbocycles. The second-order valence-electron chi connectivity index (χ2n) is 6.24. The summed E-state index contributed by atoms with van der Waals surface area (Å²) in [6.07, 6.45) is 3.04. The van der Waals surface area contributed by atoms with Crippen molar-refractivity contribution >= 4 is 5.91 Å². The second-order valence-corrected chi connectivity index (χ2v) is 6.24. The Labute approximate surface area is 140 Å². The van der Waals surface area contributed by atoms with Crippen LogP contribution in [0.4, 0.5) is 0 Å². The molecule has 7 heteroatoms. The summed E-state index contributed by atoms with van der Waals surface area (Å²) in [5.74, 6) is 0.890. The Morgan fingerprint density at radius 1 is 1.46 bits per heavy atom. The summed E-state index contributed by atoms with van der Waals surface area (Å²) in [7, 11) is 1.63. The first-order chi connectivity index (χ1) is 11.7. The molecule has 2 atom stereocenters. The first kappa shape index (κ1) is 15.1. The highest BCUT2D eigenvalue weighted by molar-refractivity contribution is 5.79. The number of carbonyl (C=O) groups excluding carboxylic acids is 1. The molecule has 2 unspecified atom stereocenters. The highest BCUT2D eigenvalue weighted by atomic mass is 16.5. The minimum Gasteiger partial charge on any atom is -0.497 e. The summed E-state index contributed by atoms with van der Waals surface area (Å²) in [5.41, 5.74) is 1.93. The third-order valence-corrected chi connectivity index (χ3v) is 4.77. The van der Waals surface area contributed by atoms with Gasteiger partial charge in [-0.05, 0) is 24.1 Å². The third-order valence-electron chi connectivity index (χ3n) is 4.77. The number of hydrogen-bond acceptors (Lipinski definition) is 5. The zero-order valence-corrected chi connectivity index (χ0v) is 13.6. The third kappa shape index (κ3) is 2.75. The summed E-state index contributed by atoms with van der Waals surface area (Å²) in [5, 5.41) is 8.14. The van der Waals surface area contributed by atoms with Gasteiger partial charge in [-0.15, -0.1) is 5.10 Å². The van der Waals surface area contributed by atoms with Gasteiger partial charge in [0.1, 0.15) is 5.75 Å². The van der Waals surface area contributed by atoms with Crippen molar-refractivity contribution in [2.45, 2.75) is 31.6 Å². The van der Waals surface area contributed by atoms with Gasteiger partial charge in [-0.25, -0.2) is 4.68 Å². The van der Waals surface area contributed by atoms with Crippen LogP contribution in [0.2, 0.25) is 0 Å². The van der Waals surface area contributed by atoms with Gasteiger partial charge in [-0.2, -0.15) is 0 Å². The van der Waals surface area contributed by atoms with Crippen LogP contribution >= 0.6 is 0 Å². The topological polar surface area (TPSA) is 69.5 Å². The van der Waals surface area contributed by atoms with E-state index >= 15 is 0 Å². The number of nitrogens with zero attached hydrogens (tertiary/aromatic N) is 4. The minimum atomic E-state index is 0.0549. The number of carbonyl (C=O) groups is 1. The Bertz CT molecular complexity index is 745. The zero-order valence-electron chi connectivity index (χ0n) is 13.6. The maximum Gasteiger partial charge on any atom is 0.227 e. The molecule has 0 aliphatic carbocycles. The number of methoxy groups -OCH3 is 1. The van der Waals surface area contributed by atoms with Crippen LogP contribution in [-0.2, 0) is 22.6 Å². The van der Waals surface area contributed by atoms with E-state index in [-0.39, 0.29) is 18.1 Å². The Balaban J connectivity index is 1.47. The van der Waals surface area contributed by atoms with Crippen LogP contribution in [0.5, 0.6) is 5.75 Å². The summed E-state index contributed by atoms with van der Waals surface area (Å²) in [4.78, 5) is 14.6. The number of rotatable bonds is 3. The molecule has 0 radical (unpaired) electrons. The van der Waals surface area contributed by atoms with E-state index in [0.29, 0.717) is 26.1 Å². The largest absolute Gasteiger partial charge is 0.497 e. The molecule has 2 aliphatic heterocycles. The molecule has 1 saturated heterocycles. The van der Waals surface area contributed by atoms with Crippen molar-refractivity contribution in [3.63, 3.8) is 0 Å². The lowest BCUT2D eigenvalue weighted by Gasteiger charge is -2.41. The Morgan fingerprint density at radius 3 is 3.25 bits per heavy atom. The number of hydrogen-bond donors (Lipinski definition) is 0. The maximum absolute atomic E-state index is 12.7. The zero-order chi connectivity index (χ0) is 16.5. The van der Waals surface area contributed by atoms with Gasteiger partial charge in [0.05, 0.1) is 44.2 Å². The van der Waals surface area contributed by atoms with Crippen molar-refractivity contribution in [2.75, 3.05) is 20.2 Å². The van der Waals surface area contributed by atoms with Crippen molar-refractivity contribution in [2.24, 2.45) is 0 Å².